The van der Waals surface area contributed by atoms with Crippen molar-refractivity contribution in [1.29, 1.82) is 0 Å². The van der Waals surface area contributed by atoms with Crippen LogP contribution in [-0.4, -0.2) is 61.9 Å². The summed E-state index contributed by atoms with van der Waals surface area (Å²) in [4.78, 5) is 6.46. The van der Waals surface area contributed by atoms with Crippen LogP contribution in [0.3, 0.4) is 0 Å². The lowest BCUT2D eigenvalue weighted by Crippen LogP contribution is -2.46. The maximum Gasteiger partial charge on any atom is 0.0339 e. The molecule has 1 fully saturated rings. The van der Waals surface area contributed by atoms with Crippen molar-refractivity contribution in [3.8, 4) is 0 Å². The van der Waals surface area contributed by atoms with E-state index in [1.54, 1.807) is 0 Å². The molecule has 0 bridgehead atoms. The molecule has 1 unspecified atom stereocenters. The van der Waals surface area contributed by atoms with Gasteiger partial charge in [0.15, 0.2) is 0 Å². The number of likely N-dealkylation sites (N-methyl/N-ethyl adjacent to an activating group) is 1. The van der Waals surface area contributed by atoms with E-state index >= 15 is 0 Å². The van der Waals surface area contributed by atoms with Gasteiger partial charge < -0.3 is 10.2 Å². The first-order valence-electron chi connectivity index (χ1n) is 7.69. The first-order valence-corrected chi connectivity index (χ1v) is 8.67. The van der Waals surface area contributed by atoms with Gasteiger partial charge >= 0.3 is 0 Å². The highest BCUT2D eigenvalue weighted by atomic mass is 32.2. The van der Waals surface area contributed by atoms with Gasteiger partial charge in [0.05, 0.1) is 0 Å². The first kappa shape index (κ1) is 14.4. The highest BCUT2D eigenvalue weighted by molar-refractivity contribution is 7.99. The molecule has 0 spiro atoms. The smallest absolute Gasteiger partial charge is 0.0339 e. The van der Waals surface area contributed by atoms with Crippen molar-refractivity contribution in [2.75, 3.05) is 52.1 Å². The molecular formula is C16H25N3S. The maximum atomic E-state index is 3.77. The number of nitrogens with one attached hydrogen (secondary N) is 1. The number of benzene rings is 1. The summed E-state index contributed by atoms with van der Waals surface area (Å²) in [6.45, 7) is 7.14. The van der Waals surface area contributed by atoms with Crippen LogP contribution in [0.4, 0.5) is 0 Å². The van der Waals surface area contributed by atoms with E-state index in [0.29, 0.717) is 6.04 Å². The van der Waals surface area contributed by atoms with Gasteiger partial charge in [-0.15, -0.1) is 11.8 Å². The average Bonchev–Trinajstić information content (AvgIpc) is 2.49. The van der Waals surface area contributed by atoms with Gasteiger partial charge in [0.1, 0.15) is 0 Å². The number of rotatable bonds is 4. The molecule has 0 saturated carbocycles. The largest absolute Gasteiger partial charge is 0.309 e. The van der Waals surface area contributed by atoms with Crippen LogP contribution in [-0.2, 0) is 0 Å². The van der Waals surface area contributed by atoms with Crippen molar-refractivity contribution in [2.24, 2.45) is 0 Å². The number of thioether (sulfide) groups is 1. The Morgan fingerprint density at radius 3 is 2.85 bits per heavy atom. The monoisotopic (exact) mass is 291 g/mol. The molecule has 1 aromatic carbocycles. The SMILES string of the molecule is CN1CCN(CCNC2CCSc3ccccc32)CC1. The second-order valence-electron chi connectivity index (χ2n) is 5.83. The van der Waals surface area contributed by atoms with E-state index in [9.17, 15) is 0 Å². The summed E-state index contributed by atoms with van der Waals surface area (Å²) >= 11 is 2.00. The molecular weight excluding hydrogens is 266 g/mol. The minimum atomic E-state index is 0.555. The van der Waals surface area contributed by atoms with E-state index < -0.39 is 0 Å². The lowest BCUT2D eigenvalue weighted by atomic mass is 10.0. The summed E-state index contributed by atoms with van der Waals surface area (Å²) in [5.74, 6) is 1.24. The molecule has 1 N–H and O–H groups in total. The summed E-state index contributed by atoms with van der Waals surface area (Å²) in [5, 5.41) is 3.77. The Morgan fingerprint density at radius 2 is 2.00 bits per heavy atom. The molecule has 4 heteroatoms. The fraction of sp³-hybridized carbons (Fsp3) is 0.625. The molecule has 0 aromatic heterocycles. The van der Waals surface area contributed by atoms with Crippen molar-refractivity contribution in [1.82, 2.24) is 15.1 Å². The van der Waals surface area contributed by atoms with Crippen LogP contribution in [0.5, 0.6) is 0 Å². The van der Waals surface area contributed by atoms with Gasteiger partial charge in [-0.2, -0.15) is 0 Å². The average molecular weight is 291 g/mol. The maximum absolute atomic E-state index is 3.77. The molecule has 20 heavy (non-hydrogen) atoms. The minimum absolute atomic E-state index is 0.555. The molecule has 0 amide bonds. The Hall–Kier alpha value is -0.550. The van der Waals surface area contributed by atoms with E-state index in [0.717, 1.165) is 6.54 Å². The van der Waals surface area contributed by atoms with Crippen LogP contribution in [0.25, 0.3) is 0 Å². The fourth-order valence-electron chi connectivity index (χ4n) is 3.02. The fourth-order valence-corrected chi connectivity index (χ4v) is 4.15. The lowest BCUT2D eigenvalue weighted by Gasteiger charge is -2.33. The van der Waals surface area contributed by atoms with Crippen LogP contribution in [0.15, 0.2) is 29.2 Å². The zero-order valence-corrected chi connectivity index (χ0v) is 13.2. The number of hydrogen-bond donors (Lipinski definition) is 1. The third-order valence-electron chi connectivity index (χ3n) is 4.37. The molecule has 1 saturated heterocycles. The Bertz CT molecular complexity index is 429. The lowest BCUT2D eigenvalue weighted by molar-refractivity contribution is 0.153. The van der Waals surface area contributed by atoms with Crippen LogP contribution >= 0.6 is 11.8 Å². The molecule has 1 aromatic rings. The van der Waals surface area contributed by atoms with Crippen molar-refractivity contribution in [3.63, 3.8) is 0 Å². The Morgan fingerprint density at radius 1 is 1.20 bits per heavy atom. The quantitative estimate of drug-likeness (QED) is 0.915. The predicted molar refractivity (Wildman–Crippen MR) is 86.5 cm³/mol. The van der Waals surface area contributed by atoms with E-state index in [2.05, 4.69) is 46.4 Å². The van der Waals surface area contributed by atoms with Crippen LogP contribution < -0.4 is 5.32 Å². The second-order valence-corrected chi connectivity index (χ2v) is 6.96. The number of fused-ring (bicyclic) bond motifs is 1. The predicted octanol–water partition coefficient (Wildman–Crippen LogP) is 2.06. The summed E-state index contributed by atoms with van der Waals surface area (Å²) in [5.41, 5.74) is 1.50. The van der Waals surface area contributed by atoms with E-state index in [1.807, 2.05) is 11.8 Å². The molecule has 0 radical (unpaired) electrons. The van der Waals surface area contributed by atoms with Gasteiger partial charge in [-0.05, 0) is 30.9 Å². The first-order chi connectivity index (χ1) is 9.83. The zero-order valence-electron chi connectivity index (χ0n) is 12.3. The van der Waals surface area contributed by atoms with Crippen molar-refractivity contribution < 1.29 is 0 Å². The summed E-state index contributed by atoms with van der Waals surface area (Å²) < 4.78 is 0. The van der Waals surface area contributed by atoms with E-state index in [4.69, 9.17) is 0 Å². The van der Waals surface area contributed by atoms with Gasteiger partial charge in [-0.25, -0.2) is 0 Å². The van der Waals surface area contributed by atoms with E-state index in [-0.39, 0.29) is 0 Å². The van der Waals surface area contributed by atoms with Gasteiger partial charge in [-0.3, -0.25) is 4.90 Å². The highest BCUT2D eigenvalue weighted by Crippen LogP contribution is 2.35. The highest BCUT2D eigenvalue weighted by Gasteiger charge is 2.20. The van der Waals surface area contributed by atoms with E-state index in [1.165, 1.54) is 55.4 Å². The minimum Gasteiger partial charge on any atom is -0.309 e. The van der Waals surface area contributed by atoms with Crippen LogP contribution in [0.1, 0.15) is 18.0 Å². The molecule has 3 nitrogen and oxygen atoms in total. The molecule has 2 aliphatic heterocycles. The van der Waals surface area contributed by atoms with Gasteiger partial charge in [-0.1, -0.05) is 18.2 Å². The molecule has 3 rings (SSSR count). The van der Waals surface area contributed by atoms with Crippen molar-refractivity contribution >= 4 is 11.8 Å². The third-order valence-corrected chi connectivity index (χ3v) is 5.50. The van der Waals surface area contributed by atoms with Gasteiger partial charge in [0.25, 0.3) is 0 Å². The summed E-state index contributed by atoms with van der Waals surface area (Å²) in [6.07, 6.45) is 1.25. The summed E-state index contributed by atoms with van der Waals surface area (Å²) in [7, 11) is 2.21. The topological polar surface area (TPSA) is 18.5 Å². The Kier molecular flexibility index (Phi) is 4.99. The molecule has 2 heterocycles. The number of piperazine rings is 1. The Balaban J connectivity index is 1.47. The zero-order chi connectivity index (χ0) is 13.8. The molecule has 110 valence electrons. The Labute approximate surface area is 126 Å². The number of hydrogen-bond acceptors (Lipinski definition) is 4. The molecule has 1 atom stereocenters. The third kappa shape index (κ3) is 3.55. The van der Waals surface area contributed by atoms with Crippen molar-refractivity contribution in [2.45, 2.75) is 17.4 Å². The standard InChI is InChI=1S/C16H25N3S/c1-18-9-11-19(12-10-18)8-7-17-15-6-13-20-16-5-3-2-4-14(15)16/h2-5,15,17H,6-13H2,1H3. The normalized spacial score (nSPS) is 24.6. The number of nitrogens with zero attached hydrogens (tertiary/aromatic N) is 2. The van der Waals surface area contributed by atoms with Gasteiger partial charge in [0, 0.05) is 50.2 Å². The molecule has 2 aliphatic rings. The second kappa shape index (κ2) is 6.94. The van der Waals surface area contributed by atoms with Crippen LogP contribution in [0.2, 0.25) is 0 Å². The van der Waals surface area contributed by atoms with Crippen molar-refractivity contribution in [3.05, 3.63) is 29.8 Å². The van der Waals surface area contributed by atoms with Gasteiger partial charge in [0.2, 0.25) is 0 Å². The van der Waals surface area contributed by atoms with Crippen LogP contribution in [0, 0.1) is 0 Å². The molecule has 0 aliphatic carbocycles. The summed E-state index contributed by atoms with van der Waals surface area (Å²) in [6, 6.07) is 9.42.